The summed E-state index contributed by atoms with van der Waals surface area (Å²) in [5.74, 6) is 0.0365. The van der Waals surface area contributed by atoms with E-state index < -0.39 is 0 Å². The van der Waals surface area contributed by atoms with E-state index in [2.05, 4.69) is 9.97 Å². The van der Waals surface area contributed by atoms with Crippen LogP contribution in [0.1, 0.15) is 48.6 Å². The molecule has 4 nitrogen and oxygen atoms in total. The number of hydrogen-bond donors (Lipinski definition) is 2. The highest BCUT2D eigenvalue weighted by molar-refractivity contribution is 5.29. The van der Waals surface area contributed by atoms with Crippen molar-refractivity contribution >= 4 is 0 Å². The van der Waals surface area contributed by atoms with Gasteiger partial charge in [0.05, 0.1) is 5.56 Å². The molecule has 2 N–H and O–H groups in total. The van der Waals surface area contributed by atoms with Crippen molar-refractivity contribution < 1.29 is 9.50 Å². The minimum absolute atomic E-state index is 0.112. The maximum absolute atomic E-state index is 12.9. The van der Waals surface area contributed by atoms with Gasteiger partial charge >= 0.3 is 0 Å². The summed E-state index contributed by atoms with van der Waals surface area (Å²) in [5.41, 5.74) is 0.981. The molecule has 0 spiro atoms. The molecule has 0 atom stereocenters. The molecule has 1 aromatic heterocycles. The Labute approximate surface area is 121 Å². The number of aromatic amines is 1. The van der Waals surface area contributed by atoms with Crippen LogP contribution in [0.5, 0.6) is 5.88 Å². The average Bonchev–Trinajstić information content (AvgIpc) is 2.94. The monoisotopic (exact) mass is 288 g/mol. The molecule has 1 heterocycles. The lowest BCUT2D eigenvalue weighted by Crippen LogP contribution is -2.19. The molecule has 0 aliphatic heterocycles. The highest BCUT2D eigenvalue weighted by Crippen LogP contribution is 2.35. The number of H-pyrrole nitrogens is 1. The Morgan fingerprint density at radius 3 is 2.52 bits per heavy atom. The second kappa shape index (κ2) is 5.68. The van der Waals surface area contributed by atoms with Crippen LogP contribution in [-0.2, 0) is 6.42 Å². The smallest absolute Gasteiger partial charge is 0.258 e. The zero-order valence-corrected chi connectivity index (χ0v) is 11.6. The van der Waals surface area contributed by atoms with Gasteiger partial charge in [0.2, 0.25) is 5.88 Å². The zero-order valence-electron chi connectivity index (χ0n) is 11.6. The van der Waals surface area contributed by atoms with E-state index in [1.165, 1.54) is 12.1 Å². The van der Waals surface area contributed by atoms with Gasteiger partial charge in [-0.05, 0) is 36.5 Å². The lowest BCUT2D eigenvalue weighted by Gasteiger charge is -2.11. The minimum Gasteiger partial charge on any atom is -0.493 e. The number of nitrogens with one attached hydrogen (secondary N) is 1. The Morgan fingerprint density at radius 2 is 1.90 bits per heavy atom. The van der Waals surface area contributed by atoms with Crippen molar-refractivity contribution in [2.75, 3.05) is 0 Å². The normalized spacial score (nSPS) is 15.5. The van der Waals surface area contributed by atoms with Crippen molar-refractivity contribution in [2.45, 2.75) is 38.0 Å². The third kappa shape index (κ3) is 2.96. The molecule has 0 unspecified atom stereocenters. The molecule has 21 heavy (non-hydrogen) atoms. The first kappa shape index (κ1) is 13.8. The lowest BCUT2D eigenvalue weighted by molar-refractivity contribution is 0.432. The Kier molecular flexibility index (Phi) is 3.73. The van der Waals surface area contributed by atoms with E-state index in [0.717, 1.165) is 31.2 Å². The van der Waals surface area contributed by atoms with Crippen LogP contribution in [0, 0.1) is 5.82 Å². The fourth-order valence-electron chi connectivity index (χ4n) is 2.98. The van der Waals surface area contributed by atoms with Crippen LogP contribution in [-0.4, -0.2) is 15.1 Å². The fraction of sp³-hybridized carbons (Fsp3) is 0.375. The summed E-state index contributed by atoms with van der Waals surface area (Å²) in [4.78, 5) is 19.0. The number of nitrogens with zero attached hydrogens (tertiary/aromatic N) is 1. The van der Waals surface area contributed by atoms with Crippen molar-refractivity contribution in [1.29, 1.82) is 0 Å². The molecule has 110 valence electrons. The van der Waals surface area contributed by atoms with Gasteiger partial charge in [-0.1, -0.05) is 25.0 Å². The van der Waals surface area contributed by atoms with Crippen molar-refractivity contribution in [1.82, 2.24) is 9.97 Å². The van der Waals surface area contributed by atoms with Crippen molar-refractivity contribution in [2.24, 2.45) is 0 Å². The van der Waals surface area contributed by atoms with Crippen LogP contribution < -0.4 is 5.56 Å². The van der Waals surface area contributed by atoms with Crippen LogP contribution >= 0.6 is 0 Å². The predicted octanol–water partition coefficient (Wildman–Crippen LogP) is 2.86. The number of aromatic nitrogens is 2. The highest BCUT2D eigenvalue weighted by Gasteiger charge is 2.24. The van der Waals surface area contributed by atoms with Gasteiger partial charge in [-0.15, -0.1) is 0 Å². The molecule has 1 aliphatic rings. The molecule has 1 fully saturated rings. The number of benzene rings is 1. The van der Waals surface area contributed by atoms with Gasteiger partial charge in [-0.25, -0.2) is 4.39 Å². The van der Waals surface area contributed by atoms with E-state index in [0.29, 0.717) is 17.8 Å². The average molecular weight is 288 g/mol. The first-order valence-electron chi connectivity index (χ1n) is 7.20. The second-order valence-electron chi connectivity index (χ2n) is 5.53. The summed E-state index contributed by atoms with van der Waals surface area (Å²) in [6.45, 7) is 0. The predicted molar refractivity (Wildman–Crippen MR) is 76.9 cm³/mol. The third-order valence-corrected chi connectivity index (χ3v) is 4.03. The molecule has 5 heteroatoms. The van der Waals surface area contributed by atoms with E-state index in [-0.39, 0.29) is 23.2 Å². The molecule has 0 bridgehead atoms. The van der Waals surface area contributed by atoms with Crippen LogP contribution in [0.15, 0.2) is 29.1 Å². The third-order valence-electron chi connectivity index (χ3n) is 4.03. The first-order chi connectivity index (χ1) is 10.1. The van der Waals surface area contributed by atoms with Gasteiger partial charge in [-0.3, -0.25) is 4.79 Å². The largest absolute Gasteiger partial charge is 0.493 e. The van der Waals surface area contributed by atoms with Crippen LogP contribution in [0.25, 0.3) is 0 Å². The van der Waals surface area contributed by atoms with Gasteiger partial charge in [0.1, 0.15) is 11.6 Å². The van der Waals surface area contributed by atoms with Gasteiger partial charge in [-0.2, -0.15) is 4.98 Å². The lowest BCUT2D eigenvalue weighted by atomic mass is 10.00. The van der Waals surface area contributed by atoms with Gasteiger partial charge in [0.15, 0.2) is 0 Å². The van der Waals surface area contributed by atoms with E-state index in [1.54, 1.807) is 12.1 Å². The number of aromatic hydroxyl groups is 1. The van der Waals surface area contributed by atoms with Crippen molar-refractivity contribution in [3.63, 3.8) is 0 Å². The van der Waals surface area contributed by atoms with Gasteiger partial charge < -0.3 is 10.1 Å². The highest BCUT2D eigenvalue weighted by atomic mass is 19.1. The van der Waals surface area contributed by atoms with Gasteiger partial charge in [0, 0.05) is 6.42 Å². The topological polar surface area (TPSA) is 66.0 Å². The number of rotatable bonds is 3. The van der Waals surface area contributed by atoms with Crippen LogP contribution in [0.4, 0.5) is 4.39 Å². The Bertz CT molecular complexity index is 688. The maximum Gasteiger partial charge on any atom is 0.258 e. The van der Waals surface area contributed by atoms with Crippen molar-refractivity contribution in [3.8, 4) is 5.88 Å². The SMILES string of the molecule is O=c1[nH]c(Cc2ccc(F)cc2)nc(O)c1C1CCCC1. The summed E-state index contributed by atoms with van der Waals surface area (Å²) in [5, 5.41) is 10.1. The van der Waals surface area contributed by atoms with E-state index in [1.807, 2.05) is 0 Å². The summed E-state index contributed by atoms with van der Waals surface area (Å²) in [6, 6.07) is 5.99. The quantitative estimate of drug-likeness (QED) is 0.912. The van der Waals surface area contributed by atoms with Crippen LogP contribution in [0.2, 0.25) is 0 Å². The molecular weight excluding hydrogens is 271 g/mol. The van der Waals surface area contributed by atoms with E-state index >= 15 is 0 Å². The molecule has 2 aromatic rings. The molecule has 0 amide bonds. The molecule has 0 saturated heterocycles. The fourth-order valence-corrected chi connectivity index (χ4v) is 2.98. The van der Waals surface area contributed by atoms with Crippen molar-refractivity contribution in [3.05, 3.63) is 57.4 Å². The number of hydrogen-bond acceptors (Lipinski definition) is 3. The van der Waals surface area contributed by atoms with Crippen LogP contribution in [0.3, 0.4) is 0 Å². The van der Waals surface area contributed by atoms with Gasteiger partial charge in [0.25, 0.3) is 5.56 Å². The Morgan fingerprint density at radius 1 is 1.24 bits per heavy atom. The second-order valence-corrected chi connectivity index (χ2v) is 5.53. The molecule has 1 aromatic carbocycles. The maximum atomic E-state index is 12.9. The standard InChI is InChI=1S/C16H17FN2O2/c17-12-7-5-10(6-8-12)9-13-18-15(20)14(16(21)19-13)11-3-1-2-4-11/h5-8,11H,1-4,9H2,(H2,18,19,20,21). The summed E-state index contributed by atoms with van der Waals surface area (Å²) in [6.07, 6.45) is 4.38. The molecular formula is C16H17FN2O2. The summed E-state index contributed by atoms with van der Waals surface area (Å²) < 4.78 is 12.9. The molecule has 1 aliphatic carbocycles. The first-order valence-corrected chi connectivity index (χ1v) is 7.20. The summed E-state index contributed by atoms with van der Waals surface area (Å²) >= 11 is 0. The summed E-state index contributed by atoms with van der Waals surface area (Å²) in [7, 11) is 0. The molecule has 3 rings (SSSR count). The Hall–Kier alpha value is -2.17. The number of halogens is 1. The van der Waals surface area contributed by atoms with E-state index in [4.69, 9.17) is 0 Å². The van der Waals surface area contributed by atoms with E-state index in [9.17, 15) is 14.3 Å². The molecule has 1 saturated carbocycles. The minimum atomic E-state index is -0.306. The molecule has 0 radical (unpaired) electrons. The zero-order chi connectivity index (χ0) is 14.8. The Balaban J connectivity index is 1.87.